The molecule has 4 nitrogen and oxygen atoms in total. The summed E-state index contributed by atoms with van der Waals surface area (Å²) in [5.41, 5.74) is 0. The van der Waals surface area contributed by atoms with Crippen molar-refractivity contribution in [1.29, 1.82) is 0 Å². The van der Waals surface area contributed by atoms with Gasteiger partial charge in [0.1, 0.15) is 0 Å². The zero-order valence-electron chi connectivity index (χ0n) is 11.5. The van der Waals surface area contributed by atoms with Crippen LogP contribution in [0.3, 0.4) is 0 Å². The van der Waals surface area contributed by atoms with Crippen molar-refractivity contribution in [1.82, 2.24) is 15.5 Å². The Morgan fingerprint density at radius 3 is 2.82 bits per heavy atom. The highest BCUT2D eigenvalue weighted by Crippen LogP contribution is 2.15. The number of carbonyl (C=O) groups is 1. The van der Waals surface area contributed by atoms with E-state index in [0.29, 0.717) is 6.04 Å². The molecule has 0 saturated carbocycles. The Morgan fingerprint density at radius 1 is 1.41 bits per heavy atom. The molecule has 1 aliphatic heterocycles. The van der Waals surface area contributed by atoms with Crippen LogP contribution in [-0.4, -0.2) is 42.6 Å². The van der Waals surface area contributed by atoms with Crippen molar-refractivity contribution in [2.75, 3.05) is 19.6 Å². The Bertz CT molecular complexity index is 231. The number of nitrogens with zero attached hydrogens (tertiary/aromatic N) is 1. The molecule has 17 heavy (non-hydrogen) atoms. The summed E-state index contributed by atoms with van der Waals surface area (Å²) in [7, 11) is 0. The van der Waals surface area contributed by atoms with Crippen LogP contribution in [0.25, 0.3) is 0 Å². The van der Waals surface area contributed by atoms with E-state index in [1.807, 2.05) is 13.8 Å². The van der Waals surface area contributed by atoms with Gasteiger partial charge in [0.15, 0.2) is 0 Å². The average Bonchev–Trinajstić information content (AvgIpc) is 2.25. The van der Waals surface area contributed by atoms with Crippen molar-refractivity contribution in [2.45, 2.75) is 58.5 Å². The van der Waals surface area contributed by atoms with Crippen LogP contribution in [0.1, 0.15) is 46.5 Å². The molecule has 1 atom stereocenters. The van der Waals surface area contributed by atoms with Gasteiger partial charge in [-0.25, -0.2) is 4.79 Å². The van der Waals surface area contributed by atoms with Crippen molar-refractivity contribution in [3.63, 3.8) is 0 Å². The van der Waals surface area contributed by atoms with Crippen LogP contribution in [0, 0.1) is 0 Å². The largest absolute Gasteiger partial charge is 0.338 e. The van der Waals surface area contributed by atoms with Crippen LogP contribution in [-0.2, 0) is 0 Å². The van der Waals surface area contributed by atoms with E-state index < -0.39 is 0 Å². The van der Waals surface area contributed by atoms with Gasteiger partial charge in [0.2, 0.25) is 0 Å². The van der Waals surface area contributed by atoms with E-state index >= 15 is 0 Å². The second-order valence-corrected chi connectivity index (χ2v) is 5.29. The van der Waals surface area contributed by atoms with Crippen molar-refractivity contribution in [3.8, 4) is 0 Å². The number of hydrogen-bond donors (Lipinski definition) is 2. The van der Waals surface area contributed by atoms with Crippen molar-refractivity contribution < 1.29 is 4.79 Å². The lowest BCUT2D eigenvalue weighted by Crippen LogP contribution is -2.42. The molecule has 100 valence electrons. The lowest BCUT2D eigenvalue weighted by Gasteiger charge is -2.33. The maximum Gasteiger partial charge on any atom is 0.314 e. The summed E-state index contributed by atoms with van der Waals surface area (Å²) < 4.78 is 0. The number of amides is 2. The number of nitrogens with one attached hydrogen (secondary N) is 2. The summed E-state index contributed by atoms with van der Waals surface area (Å²) in [6.45, 7) is 9.33. The summed E-state index contributed by atoms with van der Waals surface area (Å²) in [5, 5.41) is 5.72. The molecule has 1 saturated heterocycles. The van der Waals surface area contributed by atoms with E-state index in [4.69, 9.17) is 0 Å². The van der Waals surface area contributed by atoms with E-state index in [2.05, 4.69) is 22.5 Å². The fourth-order valence-electron chi connectivity index (χ4n) is 2.29. The number of piperidine rings is 1. The Kier molecular flexibility index (Phi) is 6.34. The lowest BCUT2D eigenvalue weighted by atomic mass is 10.0. The predicted octanol–water partition coefficient (Wildman–Crippen LogP) is 1.96. The fraction of sp³-hybridized carbons (Fsp3) is 0.923. The molecule has 1 heterocycles. The fourth-order valence-corrected chi connectivity index (χ4v) is 2.29. The number of likely N-dealkylation sites (tertiary alicyclic amines) is 1. The smallest absolute Gasteiger partial charge is 0.314 e. The molecular formula is C13H27N3O. The van der Waals surface area contributed by atoms with E-state index in [0.717, 1.165) is 19.5 Å². The molecule has 0 aromatic rings. The first-order chi connectivity index (χ1) is 8.09. The third-order valence-corrected chi connectivity index (χ3v) is 3.27. The number of urea groups is 1. The highest BCUT2D eigenvalue weighted by atomic mass is 16.2. The quantitative estimate of drug-likeness (QED) is 0.723. The highest BCUT2D eigenvalue weighted by Gasteiger charge is 2.17. The summed E-state index contributed by atoms with van der Waals surface area (Å²) in [5.74, 6) is 0. The average molecular weight is 241 g/mol. The van der Waals surface area contributed by atoms with Crippen molar-refractivity contribution in [3.05, 3.63) is 0 Å². The Hall–Kier alpha value is -0.770. The first kappa shape index (κ1) is 14.3. The molecule has 1 unspecified atom stereocenters. The maximum atomic E-state index is 11.3. The van der Waals surface area contributed by atoms with Gasteiger partial charge in [-0.05, 0) is 46.6 Å². The molecule has 2 N–H and O–H groups in total. The summed E-state index contributed by atoms with van der Waals surface area (Å²) in [6.07, 6.45) is 5.05. The number of hydrogen-bond acceptors (Lipinski definition) is 2. The summed E-state index contributed by atoms with van der Waals surface area (Å²) in [6, 6.07) is 0.872. The number of rotatable bonds is 5. The molecule has 0 aliphatic carbocycles. The van der Waals surface area contributed by atoms with Crippen LogP contribution in [0.5, 0.6) is 0 Å². The Labute approximate surface area is 105 Å². The minimum absolute atomic E-state index is 0.0494. The van der Waals surface area contributed by atoms with Crippen molar-refractivity contribution in [2.24, 2.45) is 0 Å². The Balaban J connectivity index is 2.05. The molecule has 1 rings (SSSR count). The molecule has 0 radical (unpaired) electrons. The molecule has 0 aromatic heterocycles. The van der Waals surface area contributed by atoms with Crippen LogP contribution in [0.4, 0.5) is 4.79 Å². The standard InChI is InChI=1S/C13H27N3O/c1-11(2)15-13(17)14-8-6-10-16-9-5-4-7-12(16)3/h11-12H,4-10H2,1-3H3,(H2,14,15,17). The monoisotopic (exact) mass is 241 g/mol. The maximum absolute atomic E-state index is 11.3. The summed E-state index contributed by atoms with van der Waals surface area (Å²) >= 11 is 0. The summed E-state index contributed by atoms with van der Waals surface area (Å²) in [4.78, 5) is 13.9. The third kappa shape index (κ3) is 5.91. The molecule has 2 amide bonds. The van der Waals surface area contributed by atoms with Crippen LogP contribution >= 0.6 is 0 Å². The molecule has 4 heteroatoms. The van der Waals surface area contributed by atoms with Gasteiger partial charge < -0.3 is 15.5 Å². The van der Waals surface area contributed by atoms with Crippen molar-refractivity contribution >= 4 is 6.03 Å². The van der Waals surface area contributed by atoms with Gasteiger partial charge in [-0.3, -0.25) is 0 Å². The molecule has 0 spiro atoms. The first-order valence-electron chi connectivity index (χ1n) is 6.88. The third-order valence-electron chi connectivity index (χ3n) is 3.27. The molecule has 1 fully saturated rings. The molecular weight excluding hydrogens is 214 g/mol. The molecule has 1 aliphatic rings. The van der Waals surface area contributed by atoms with Gasteiger partial charge in [-0.1, -0.05) is 6.42 Å². The van der Waals surface area contributed by atoms with Gasteiger partial charge in [0.05, 0.1) is 0 Å². The van der Waals surface area contributed by atoms with E-state index in [9.17, 15) is 4.79 Å². The number of carbonyl (C=O) groups excluding carboxylic acids is 1. The Morgan fingerprint density at radius 2 is 2.18 bits per heavy atom. The minimum atomic E-state index is -0.0494. The van der Waals surface area contributed by atoms with E-state index in [-0.39, 0.29) is 12.1 Å². The van der Waals surface area contributed by atoms with Gasteiger partial charge in [0.25, 0.3) is 0 Å². The van der Waals surface area contributed by atoms with Gasteiger partial charge in [0, 0.05) is 25.2 Å². The second-order valence-electron chi connectivity index (χ2n) is 5.29. The van der Waals surface area contributed by atoms with Gasteiger partial charge >= 0.3 is 6.03 Å². The molecule has 0 bridgehead atoms. The SMILES string of the molecule is CC(C)NC(=O)NCCCN1CCCCC1C. The first-order valence-corrected chi connectivity index (χ1v) is 6.88. The van der Waals surface area contributed by atoms with E-state index in [1.165, 1.54) is 25.8 Å². The van der Waals surface area contributed by atoms with Gasteiger partial charge in [-0.2, -0.15) is 0 Å². The zero-order chi connectivity index (χ0) is 12.7. The highest BCUT2D eigenvalue weighted by molar-refractivity contribution is 5.73. The predicted molar refractivity (Wildman–Crippen MR) is 71.2 cm³/mol. The van der Waals surface area contributed by atoms with Crippen LogP contribution < -0.4 is 10.6 Å². The molecule has 0 aromatic carbocycles. The normalized spacial score (nSPS) is 21.5. The van der Waals surface area contributed by atoms with Gasteiger partial charge in [-0.15, -0.1) is 0 Å². The van der Waals surface area contributed by atoms with Crippen LogP contribution in [0.15, 0.2) is 0 Å². The van der Waals surface area contributed by atoms with Crippen LogP contribution in [0.2, 0.25) is 0 Å². The second kappa shape index (κ2) is 7.54. The lowest BCUT2D eigenvalue weighted by molar-refractivity contribution is 0.159. The topological polar surface area (TPSA) is 44.4 Å². The zero-order valence-corrected chi connectivity index (χ0v) is 11.5. The minimum Gasteiger partial charge on any atom is -0.338 e. The van der Waals surface area contributed by atoms with E-state index in [1.54, 1.807) is 0 Å².